The highest BCUT2D eigenvalue weighted by atomic mass is 16.5. The minimum atomic E-state index is -0.268. The molecule has 2 aromatic rings. The zero-order valence-corrected chi connectivity index (χ0v) is 15.6. The van der Waals surface area contributed by atoms with Crippen LogP contribution >= 0.6 is 0 Å². The number of nitrogens with zero attached hydrogens (tertiary/aromatic N) is 2. The van der Waals surface area contributed by atoms with Crippen LogP contribution in [0.4, 0.5) is 5.69 Å². The van der Waals surface area contributed by atoms with Crippen LogP contribution < -0.4 is 9.64 Å². The van der Waals surface area contributed by atoms with Crippen LogP contribution in [0.25, 0.3) is 5.57 Å². The average Bonchev–Trinajstić information content (AvgIpc) is 3.29. The van der Waals surface area contributed by atoms with Gasteiger partial charge in [0.1, 0.15) is 11.4 Å². The predicted molar refractivity (Wildman–Crippen MR) is 104 cm³/mol. The molecule has 0 bridgehead atoms. The van der Waals surface area contributed by atoms with E-state index in [0.717, 1.165) is 37.1 Å². The Morgan fingerprint density at radius 1 is 0.852 bits per heavy atom. The molecule has 2 aromatic carbocycles. The van der Waals surface area contributed by atoms with Gasteiger partial charge in [-0.1, -0.05) is 29.8 Å². The van der Waals surface area contributed by atoms with Crippen LogP contribution in [0.3, 0.4) is 0 Å². The summed E-state index contributed by atoms with van der Waals surface area (Å²) in [6.45, 7) is 3.62. The van der Waals surface area contributed by atoms with Crippen molar-refractivity contribution < 1.29 is 14.3 Å². The second-order valence-corrected chi connectivity index (χ2v) is 6.93. The summed E-state index contributed by atoms with van der Waals surface area (Å²) in [5, 5.41) is 0. The van der Waals surface area contributed by atoms with Crippen molar-refractivity contribution in [1.82, 2.24) is 4.90 Å². The van der Waals surface area contributed by atoms with Gasteiger partial charge >= 0.3 is 0 Å². The number of methoxy groups -OCH3 is 1. The van der Waals surface area contributed by atoms with Crippen molar-refractivity contribution >= 4 is 23.1 Å². The van der Waals surface area contributed by atoms with Crippen molar-refractivity contribution in [1.29, 1.82) is 0 Å². The molecule has 5 nitrogen and oxygen atoms in total. The van der Waals surface area contributed by atoms with Crippen molar-refractivity contribution in [2.75, 3.05) is 25.1 Å². The van der Waals surface area contributed by atoms with Crippen LogP contribution in [-0.2, 0) is 9.59 Å². The van der Waals surface area contributed by atoms with Gasteiger partial charge in [-0.3, -0.25) is 9.59 Å². The van der Waals surface area contributed by atoms with Gasteiger partial charge in [0, 0.05) is 13.1 Å². The van der Waals surface area contributed by atoms with Crippen molar-refractivity contribution in [3.8, 4) is 5.75 Å². The Labute approximate surface area is 158 Å². The van der Waals surface area contributed by atoms with Gasteiger partial charge in [-0.2, -0.15) is 0 Å². The van der Waals surface area contributed by atoms with E-state index in [-0.39, 0.29) is 11.8 Å². The molecule has 0 unspecified atom stereocenters. The van der Waals surface area contributed by atoms with Gasteiger partial charge in [0.2, 0.25) is 0 Å². The number of anilines is 1. The first-order chi connectivity index (χ1) is 13.1. The third kappa shape index (κ3) is 2.99. The molecule has 0 spiro atoms. The van der Waals surface area contributed by atoms with E-state index in [9.17, 15) is 9.59 Å². The van der Waals surface area contributed by atoms with E-state index in [2.05, 4.69) is 4.90 Å². The monoisotopic (exact) mass is 362 g/mol. The molecular formula is C22H22N2O3. The van der Waals surface area contributed by atoms with E-state index in [1.807, 2.05) is 31.2 Å². The summed E-state index contributed by atoms with van der Waals surface area (Å²) in [5.74, 6) is 0.169. The van der Waals surface area contributed by atoms with Gasteiger partial charge in [-0.05, 0) is 49.6 Å². The Balaban J connectivity index is 1.79. The van der Waals surface area contributed by atoms with Crippen LogP contribution in [-0.4, -0.2) is 36.9 Å². The van der Waals surface area contributed by atoms with Gasteiger partial charge in [0.25, 0.3) is 11.8 Å². The molecule has 138 valence electrons. The van der Waals surface area contributed by atoms with Gasteiger partial charge in [-0.25, -0.2) is 4.90 Å². The Morgan fingerprint density at radius 2 is 1.48 bits per heavy atom. The second kappa shape index (κ2) is 6.91. The summed E-state index contributed by atoms with van der Waals surface area (Å²) in [5.41, 5.74) is 3.49. The van der Waals surface area contributed by atoms with Crippen LogP contribution in [0.1, 0.15) is 24.0 Å². The lowest BCUT2D eigenvalue weighted by Gasteiger charge is -2.20. The predicted octanol–water partition coefficient (Wildman–Crippen LogP) is 3.38. The Morgan fingerprint density at radius 3 is 2.07 bits per heavy atom. The molecule has 0 aromatic heterocycles. The third-order valence-electron chi connectivity index (χ3n) is 5.15. The molecule has 2 amide bonds. The number of benzene rings is 2. The highest BCUT2D eigenvalue weighted by molar-refractivity contribution is 6.45. The first-order valence-electron chi connectivity index (χ1n) is 9.19. The van der Waals surface area contributed by atoms with Crippen molar-refractivity contribution in [3.63, 3.8) is 0 Å². The first kappa shape index (κ1) is 17.3. The second-order valence-electron chi connectivity index (χ2n) is 6.93. The summed E-state index contributed by atoms with van der Waals surface area (Å²) < 4.78 is 5.18. The molecule has 27 heavy (non-hydrogen) atoms. The molecule has 2 aliphatic heterocycles. The summed E-state index contributed by atoms with van der Waals surface area (Å²) in [7, 11) is 1.59. The average molecular weight is 362 g/mol. The number of carbonyl (C=O) groups excluding carboxylic acids is 2. The van der Waals surface area contributed by atoms with Crippen LogP contribution in [0.2, 0.25) is 0 Å². The molecule has 0 saturated carbocycles. The maximum atomic E-state index is 13.3. The Kier molecular flexibility index (Phi) is 4.44. The number of hydrogen-bond donors (Lipinski definition) is 0. The summed E-state index contributed by atoms with van der Waals surface area (Å²) in [6.07, 6.45) is 2.07. The van der Waals surface area contributed by atoms with Crippen LogP contribution in [0.5, 0.6) is 5.75 Å². The number of imide groups is 1. The molecule has 1 saturated heterocycles. The molecule has 1 fully saturated rings. The molecule has 2 heterocycles. The Hall–Kier alpha value is -3.08. The maximum absolute atomic E-state index is 13.3. The van der Waals surface area contributed by atoms with Crippen LogP contribution in [0, 0.1) is 6.92 Å². The molecule has 5 heteroatoms. The lowest BCUT2D eigenvalue weighted by Crippen LogP contribution is -2.34. The number of ether oxygens (including phenoxy) is 1. The van der Waals surface area contributed by atoms with E-state index in [1.165, 1.54) is 4.90 Å². The highest BCUT2D eigenvalue weighted by Gasteiger charge is 2.42. The minimum absolute atomic E-state index is 0.248. The Bertz CT molecular complexity index is 908. The molecule has 0 atom stereocenters. The fourth-order valence-electron chi connectivity index (χ4n) is 3.70. The van der Waals surface area contributed by atoms with E-state index >= 15 is 0 Å². The fourth-order valence-corrected chi connectivity index (χ4v) is 3.70. The van der Waals surface area contributed by atoms with E-state index in [1.54, 1.807) is 31.4 Å². The summed E-state index contributed by atoms with van der Waals surface area (Å²) in [6, 6.07) is 14.8. The van der Waals surface area contributed by atoms with Gasteiger partial charge in [0.15, 0.2) is 0 Å². The number of carbonyl (C=O) groups is 2. The molecular weight excluding hydrogens is 340 g/mol. The molecule has 0 radical (unpaired) electrons. The normalized spacial score (nSPS) is 17.3. The van der Waals surface area contributed by atoms with Crippen molar-refractivity contribution in [2.24, 2.45) is 0 Å². The first-order valence-corrected chi connectivity index (χ1v) is 9.19. The zero-order valence-electron chi connectivity index (χ0n) is 15.6. The number of amides is 2. The van der Waals surface area contributed by atoms with Gasteiger partial charge in [0.05, 0.1) is 18.4 Å². The standard InChI is InChI=1S/C22H22N2O3/c1-15-5-7-16(8-6-15)19-20(23-13-3-4-14-23)22(26)24(21(19)25)17-9-11-18(27-2)12-10-17/h5-12H,3-4,13-14H2,1-2H3. The molecule has 4 rings (SSSR count). The van der Waals surface area contributed by atoms with Crippen LogP contribution in [0.15, 0.2) is 54.2 Å². The number of rotatable bonds is 4. The van der Waals surface area contributed by atoms with E-state index in [0.29, 0.717) is 22.7 Å². The minimum Gasteiger partial charge on any atom is -0.497 e. The summed E-state index contributed by atoms with van der Waals surface area (Å²) in [4.78, 5) is 29.9. The molecule has 2 aliphatic rings. The number of aryl methyl sites for hydroxylation is 1. The van der Waals surface area contributed by atoms with E-state index < -0.39 is 0 Å². The fraction of sp³-hybridized carbons (Fsp3) is 0.273. The third-order valence-corrected chi connectivity index (χ3v) is 5.15. The molecule has 0 N–H and O–H groups in total. The van der Waals surface area contributed by atoms with Gasteiger partial charge in [-0.15, -0.1) is 0 Å². The topological polar surface area (TPSA) is 49.9 Å². The zero-order chi connectivity index (χ0) is 19.0. The number of hydrogen-bond acceptors (Lipinski definition) is 4. The largest absolute Gasteiger partial charge is 0.497 e. The SMILES string of the molecule is COc1ccc(N2C(=O)C(c3ccc(C)cc3)=C(N3CCCC3)C2=O)cc1. The summed E-state index contributed by atoms with van der Waals surface area (Å²) >= 11 is 0. The van der Waals surface area contributed by atoms with Crippen molar-refractivity contribution in [3.05, 3.63) is 65.4 Å². The maximum Gasteiger partial charge on any atom is 0.282 e. The smallest absolute Gasteiger partial charge is 0.282 e. The van der Waals surface area contributed by atoms with Crippen molar-refractivity contribution in [2.45, 2.75) is 19.8 Å². The highest BCUT2D eigenvalue weighted by Crippen LogP contribution is 2.36. The van der Waals surface area contributed by atoms with Gasteiger partial charge < -0.3 is 9.64 Å². The molecule has 0 aliphatic carbocycles. The van der Waals surface area contributed by atoms with E-state index in [4.69, 9.17) is 4.74 Å². The lowest BCUT2D eigenvalue weighted by atomic mass is 10.0. The number of likely N-dealkylation sites (tertiary alicyclic amines) is 1. The quantitative estimate of drug-likeness (QED) is 0.783. The lowest BCUT2D eigenvalue weighted by molar-refractivity contribution is -0.120.